The molecule has 5 nitrogen and oxygen atoms in total. The van der Waals surface area contributed by atoms with E-state index >= 15 is 0 Å². The van der Waals surface area contributed by atoms with Crippen LogP contribution in [0.15, 0.2) is 66.7 Å². The zero-order valence-corrected chi connectivity index (χ0v) is 21.0. The van der Waals surface area contributed by atoms with E-state index in [2.05, 4.69) is 37.5 Å². The maximum absolute atomic E-state index is 12.8. The van der Waals surface area contributed by atoms with Gasteiger partial charge in [-0.05, 0) is 91.1 Å². The average molecular weight is 471 g/mol. The Morgan fingerprint density at radius 2 is 1.51 bits per heavy atom. The second-order valence-electron chi connectivity index (χ2n) is 10.2. The van der Waals surface area contributed by atoms with Gasteiger partial charge in [0.05, 0.1) is 0 Å². The SMILES string of the molecule is CC(Oc1cccc2c1CCCC2)C(=O)Nc1cccc(NC(=O)c2ccc(C(C)(C)C)cc2)c1. The molecule has 0 radical (unpaired) electrons. The molecule has 1 atom stereocenters. The lowest BCUT2D eigenvalue weighted by Gasteiger charge is -2.22. The van der Waals surface area contributed by atoms with Crippen molar-refractivity contribution in [1.29, 1.82) is 0 Å². The number of rotatable bonds is 6. The Morgan fingerprint density at radius 1 is 0.857 bits per heavy atom. The highest BCUT2D eigenvalue weighted by Crippen LogP contribution is 2.30. The number of carbonyl (C=O) groups is 2. The minimum atomic E-state index is -0.650. The van der Waals surface area contributed by atoms with Crippen LogP contribution < -0.4 is 15.4 Å². The number of aryl methyl sites for hydroxylation is 1. The number of anilines is 2. The van der Waals surface area contributed by atoms with Crippen molar-refractivity contribution in [2.45, 2.75) is 64.9 Å². The van der Waals surface area contributed by atoms with Crippen molar-refractivity contribution in [2.75, 3.05) is 10.6 Å². The standard InChI is InChI=1S/C30H34N2O3/c1-20(35-27-14-7-10-21-9-5-6-13-26(21)27)28(33)31-24-11-8-12-25(19-24)32-29(34)22-15-17-23(18-16-22)30(2,3)4/h7-8,10-12,14-20H,5-6,9,13H2,1-4H3,(H,31,33)(H,32,34). The van der Waals surface area contributed by atoms with E-state index in [4.69, 9.17) is 4.74 Å². The molecule has 3 aromatic rings. The number of benzene rings is 3. The topological polar surface area (TPSA) is 67.4 Å². The molecule has 1 aliphatic rings. The summed E-state index contributed by atoms with van der Waals surface area (Å²) in [6, 6.07) is 20.9. The fourth-order valence-corrected chi connectivity index (χ4v) is 4.34. The molecular formula is C30H34N2O3. The zero-order valence-electron chi connectivity index (χ0n) is 21.0. The first kappa shape index (κ1) is 24.5. The van der Waals surface area contributed by atoms with Crippen LogP contribution in [0.3, 0.4) is 0 Å². The molecule has 0 fully saturated rings. The number of nitrogens with one attached hydrogen (secondary N) is 2. The molecule has 2 amide bonds. The molecule has 182 valence electrons. The van der Waals surface area contributed by atoms with Gasteiger partial charge in [0.1, 0.15) is 5.75 Å². The summed E-state index contributed by atoms with van der Waals surface area (Å²) in [5.41, 5.74) is 5.53. The summed E-state index contributed by atoms with van der Waals surface area (Å²) in [6.07, 6.45) is 3.74. The highest BCUT2D eigenvalue weighted by atomic mass is 16.5. The quantitative estimate of drug-likeness (QED) is 0.431. The Labute approximate surface area is 207 Å². The molecule has 4 rings (SSSR count). The van der Waals surface area contributed by atoms with Crippen molar-refractivity contribution < 1.29 is 14.3 Å². The Kier molecular flexibility index (Phi) is 7.25. The third kappa shape index (κ3) is 6.10. The molecule has 0 saturated carbocycles. The van der Waals surface area contributed by atoms with E-state index in [0.717, 1.165) is 25.0 Å². The number of hydrogen-bond donors (Lipinski definition) is 2. The number of hydrogen-bond acceptors (Lipinski definition) is 3. The Hall–Kier alpha value is -3.60. The van der Waals surface area contributed by atoms with Crippen LogP contribution >= 0.6 is 0 Å². The minimum absolute atomic E-state index is 0.0300. The molecule has 0 saturated heterocycles. The molecule has 2 N–H and O–H groups in total. The van der Waals surface area contributed by atoms with Gasteiger partial charge in [0.2, 0.25) is 0 Å². The fraction of sp³-hybridized carbons (Fsp3) is 0.333. The lowest BCUT2D eigenvalue weighted by Crippen LogP contribution is -2.30. The van der Waals surface area contributed by atoms with E-state index in [0.29, 0.717) is 16.9 Å². The van der Waals surface area contributed by atoms with Gasteiger partial charge in [-0.2, -0.15) is 0 Å². The van der Waals surface area contributed by atoms with E-state index in [1.807, 2.05) is 36.4 Å². The first-order chi connectivity index (χ1) is 16.7. The highest BCUT2D eigenvalue weighted by Gasteiger charge is 2.20. The van der Waals surface area contributed by atoms with Gasteiger partial charge < -0.3 is 15.4 Å². The summed E-state index contributed by atoms with van der Waals surface area (Å²) >= 11 is 0. The predicted octanol–water partition coefficient (Wildman–Crippen LogP) is 6.52. The van der Waals surface area contributed by atoms with Gasteiger partial charge in [-0.25, -0.2) is 0 Å². The van der Waals surface area contributed by atoms with Crippen LogP contribution in [0.5, 0.6) is 5.75 Å². The molecule has 0 bridgehead atoms. The number of carbonyl (C=O) groups excluding carboxylic acids is 2. The second-order valence-corrected chi connectivity index (χ2v) is 10.2. The Morgan fingerprint density at radius 3 is 2.23 bits per heavy atom. The normalized spacial score (nSPS) is 13.9. The van der Waals surface area contributed by atoms with Crippen LogP contribution in [-0.2, 0) is 23.1 Å². The van der Waals surface area contributed by atoms with Crippen molar-refractivity contribution >= 4 is 23.2 Å². The maximum Gasteiger partial charge on any atom is 0.265 e. The summed E-state index contributed by atoms with van der Waals surface area (Å²) in [6.45, 7) is 8.18. The third-order valence-electron chi connectivity index (χ3n) is 6.43. The molecule has 5 heteroatoms. The Balaban J connectivity index is 1.38. The lowest BCUT2D eigenvalue weighted by atomic mass is 9.87. The molecule has 35 heavy (non-hydrogen) atoms. The van der Waals surface area contributed by atoms with Gasteiger partial charge in [0.25, 0.3) is 11.8 Å². The average Bonchev–Trinajstić information content (AvgIpc) is 2.84. The third-order valence-corrected chi connectivity index (χ3v) is 6.43. The number of fused-ring (bicyclic) bond motifs is 1. The molecule has 0 spiro atoms. The van der Waals surface area contributed by atoms with Crippen LogP contribution in [0.1, 0.15) is 67.6 Å². The fourth-order valence-electron chi connectivity index (χ4n) is 4.34. The number of ether oxygens (including phenoxy) is 1. The molecule has 0 aromatic heterocycles. The van der Waals surface area contributed by atoms with Crippen LogP contribution in [0.25, 0.3) is 0 Å². The predicted molar refractivity (Wildman–Crippen MR) is 141 cm³/mol. The zero-order chi connectivity index (χ0) is 25.0. The summed E-state index contributed by atoms with van der Waals surface area (Å²) in [5.74, 6) is 0.363. The lowest BCUT2D eigenvalue weighted by molar-refractivity contribution is -0.122. The number of amides is 2. The summed E-state index contributed by atoms with van der Waals surface area (Å²) in [5, 5.41) is 5.82. The van der Waals surface area contributed by atoms with Gasteiger partial charge in [0.15, 0.2) is 6.10 Å². The summed E-state index contributed by atoms with van der Waals surface area (Å²) in [4.78, 5) is 25.5. The van der Waals surface area contributed by atoms with E-state index in [1.54, 1.807) is 31.2 Å². The molecule has 0 aliphatic heterocycles. The maximum atomic E-state index is 12.8. The van der Waals surface area contributed by atoms with Gasteiger partial charge in [-0.1, -0.05) is 51.1 Å². The molecule has 3 aromatic carbocycles. The van der Waals surface area contributed by atoms with Crippen molar-refractivity contribution in [3.8, 4) is 5.75 Å². The largest absolute Gasteiger partial charge is 0.481 e. The van der Waals surface area contributed by atoms with Crippen molar-refractivity contribution in [2.24, 2.45) is 0 Å². The molecule has 0 heterocycles. The van der Waals surface area contributed by atoms with Crippen LogP contribution in [0.2, 0.25) is 0 Å². The van der Waals surface area contributed by atoms with Gasteiger partial charge in [-0.3, -0.25) is 9.59 Å². The summed E-state index contributed by atoms with van der Waals surface area (Å²) < 4.78 is 6.05. The Bertz CT molecular complexity index is 1210. The van der Waals surface area contributed by atoms with Crippen LogP contribution in [0.4, 0.5) is 11.4 Å². The van der Waals surface area contributed by atoms with E-state index in [9.17, 15) is 9.59 Å². The summed E-state index contributed by atoms with van der Waals surface area (Å²) in [7, 11) is 0. The van der Waals surface area contributed by atoms with Crippen molar-refractivity contribution in [3.05, 3.63) is 89.0 Å². The van der Waals surface area contributed by atoms with Crippen molar-refractivity contribution in [1.82, 2.24) is 0 Å². The minimum Gasteiger partial charge on any atom is -0.481 e. The van der Waals surface area contributed by atoms with Crippen LogP contribution in [-0.4, -0.2) is 17.9 Å². The van der Waals surface area contributed by atoms with Crippen LogP contribution in [0, 0.1) is 0 Å². The smallest absolute Gasteiger partial charge is 0.265 e. The molecule has 1 aliphatic carbocycles. The van der Waals surface area contributed by atoms with E-state index < -0.39 is 6.10 Å². The van der Waals surface area contributed by atoms with E-state index in [1.165, 1.54) is 23.1 Å². The first-order valence-electron chi connectivity index (χ1n) is 12.3. The second kappa shape index (κ2) is 10.3. The van der Waals surface area contributed by atoms with Gasteiger partial charge in [-0.15, -0.1) is 0 Å². The first-order valence-corrected chi connectivity index (χ1v) is 12.3. The van der Waals surface area contributed by atoms with Gasteiger partial charge >= 0.3 is 0 Å². The molecule has 1 unspecified atom stereocenters. The van der Waals surface area contributed by atoms with Crippen molar-refractivity contribution in [3.63, 3.8) is 0 Å². The van der Waals surface area contributed by atoms with E-state index in [-0.39, 0.29) is 17.2 Å². The molecular weight excluding hydrogens is 436 g/mol. The highest BCUT2D eigenvalue weighted by molar-refractivity contribution is 6.04. The monoisotopic (exact) mass is 470 g/mol. The van der Waals surface area contributed by atoms with Gasteiger partial charge in [0, 0.05) is 16.9 Å².